The minimum absolute atomic E-state index is 0.0196. The Morgan fingerprint density at radius 2 is 1.92 bits per heavy atom. The second kappa shape index (κ2) is 7.88. The molecule has 0 bridgehead atoms. The van der Waals surface area contributed by atoms with Crippen molar-refractivity contribution in [2.45, 2.75) is 6.92 Å². The van der Waals surface area contributed by atoms with E-state index in [0.717, 1.165) is 0 Å². The number of hydrogen-bond donors (Lipinski definition) is 2. The molecule has 0 aliphatic rings. The summed E-state index contributed by atoms with van der Waals surface area (Å²) < 4.78 is 13.5. The van der Waals surface area contributed by atoms with Crippen LogP contribution >= 0.6 is 0 Å². The van der Waals surface area contributed by atoms with Gasteiger partial charge in [0, 0.05) is 18.7 Å². The van der Waals surface area contributed by atoms with Gasteiger partial charge in [-0.25, -0.2) is 4.39 Å². The van der Waals surface area contributed by atoms with Gasteiger partial charge in [-0.15, -0.1) is 0 Å². The molecule has 1 amide bonds. The molecule has 2 aromatic rings. The lowest BCUT2D eigenvalue weighted by molar-refractivity contribution is 0.0950. The number of carbonyl (C=O) groups is 2. The van der Waals surface area contributed by atoms with Crippen molar-refractivity contribution >= 4 is 17.4 Å². The van der Waals surface area contributed by atoms with Crippen molar-refractivity contribution in [1.82, 2.24) is 5.32 Å². The molecule has 0 heterocycles. The summed E-state index contributed by atoms with van der Waals surface area (Å²) in [6.07, 6.45) is 0. The number of ketones is 1. The molecule has 122 valence electrons. The van der Waals surface area contributed by atoms with Crippen molar-refractivity contribution in [2.24, 2.45) is 0 Å². The Morgan fingerprint density at radius 3 is 2.58 bits per heavy atom. The first-order valence-corrected chi connectivity index (χ1v) is 7.34. The number of nitrogens with zero attached hydrogens (tertiary/aromatic N) is 1. The number of halogens is 1. The van der Waals surface area contributed by atoms with E-state index in [1.807, 2.05) is 6.07 Å². The van der Waals surface area contributed by atoms with Crippen LogP contribution in [-0.4, -0.2) is 24.8 Å². The molecule has 0 aliphatic heterocycles. The van der Waals surface area contributed by atoms with Crippen LogP contribution in [-0.2, 0) is 0 Å². The summed E-state index contributed by atoms with van der Waals surface area (Å²) in [5.41, 5.74) is 1.39. The molecule has 0 aromatic heterocycles. The largest absolute Gasteiger partial charge is 0.382 e. The Morgan fingerprint density at radius 1 is 1.17 bits per heavy atom. The number of benzene rings is 2. The van der Waals surface area contributed by atoms with Gasteiger partial charge in [0.15, 0.2) is 5.78 Å². The van der Waals surface area contributed by atoms with E-state index >= 15 is 0 Å². The zero-order valence-corrected chi connectivity index (χ0v) is 13.1. The normalized spacial score (nSPS) is 9.88. The lowest BCUT2D eigenvalue weighted by Crippen LogP contribution is -2.29. The fraction of sp³-hybridized carbons (Fsp3) is 0.167. The molecular formula is C18H16FN3O2. The Balaban J connectivity index is 1.94. The van der Waals surface area contributed by atoms with E-state index in [-0.39, 0.29) is 17.9 Å². The average Bonchev–Trinajstić information content (AvgIpc) is 2.58. The first-order valence-electron chi connectivity index (χ1n) is 7.34. The van der Waals surface area contributed by atoms with Gasteiger partial charge >= 0.3 is 0 Å². The predicted molar refractivity (Wildman–Crippen MR) is 88.4 cm³/mol. The Hall–Kier alpha value is -3.20. The zero-order chi connectivity index (χ0) is 17.5. The SMILES string of the molecule is CC(=O)c1ccc(C#N)c(NCCNC(=O)c2ccccc2F)c1. The van der Waals surface area contributed by atoms with Gasteiger partial charge in [0.05, 0.1) is 16.8 Å². The third kappa shape index (κ3) is 4.17. The van der Waals surface area contributed by atoms with Crippen LogP contribution in [0.1, 0.15) is 33.2 Å². The average molecular weight is 325 g/mol. The lowest BCUT2D eigenvalue weighted by atomic mass is 10.1. The second-order valence-electron chi connectivity index (χ2n) is 5.09. The van der Waals surface area contributed by atoms with Crippen molar-refractivity contribution in [2.75, 3.05) is 18.4 Å². The van der Waals surface area contributed by atoms with Gasteiger partial charge in [-0.2, -0.15) is 5.26 Å². The molecule has 2 N–H and O–H groups in total. The molecule has 0 saturated heterocycles. The van der Waals surface area contributed by atoms with Crippen LogP contribution in [0.15, 0.2) is 42.5 Å². The van der Waals surface area contributed by atoms with Gasteiger partial charge in [0.2, 0.25) is 0 Å². The van der Waals surface area contributed by atoms with E-state index in [2.05, 4.69) is 10.6 Å². The van der Waals surface area contributed by atoms with Crippen LogP contribution in [0.5, 0.6) is 0 Å². The van der Waals surface area contributed by atoms with Crippen LogP contribution in [0.2, 0.25) is 0 Å². The zero-order valence-electron chi connectivity index (χ0n) is 13.1. The predicted octanol–water partition coefficient (Wildman–Crippen LogP) is 2.74. The maximum Gasteiger partial charge on any atom is 0.254 e. The van der Waals surface area contributed by atoms with Gasteiger partial charge in [-0.3, -0.25) is 9.59 Å². The van der Waals surface area contributed by atoms with Gasteiger partial charge < -0.3 is 10.6 Å². The van der Waals surface area contributed by atoms with Crippen molar-refractivity contribution in [3.63, 3.8) is 0 Å². The molecular weight excluding hydrogens is 309 g/mol. The second-order valence-corrected chi connectivity index (χ2v) is 5.09. The van der Waals surface area contributed by atoms with Crippen molar-refractivity contribution in [1.29, 1.82) is 5.26 Å². The van der Waals surface area contributed by atoms with Crippen LogP contribution in [0.3, 0.4) is 0 Å². The number of hydrogen-bond acceptors (Lipinski definition) is 4. The third-order valence-corrected chi connectivity index (χ3v) is 3.39. The van der Waals surface area contributed by atoms with Crippen LogP contribution in [0.25, 0.3) is 0 Å². The fourth-order valence-electron chi connectivity index (χ4n) is 2.12. The van der Waals surface area contributed by atoms with Gasteiger partial charge in [0.25, 0.3) is 5.91 Å². The van der Waals surface area contributed by atoms with Crippen LogP contribution in [0, 0.1) is 17.1 Å². The Kier molecular flexibility index (Phi) is 5.63. The van der Waals surface area contributed by atoms with E-state index in [1.54, 1.807) is 24.3 Å². The summed E-state index contributed by atoms with van der Waals surface area (Å²) in [5, 5.41) is 14.7. The number of anilines is 1. The van der Waals surface area contributed by atoms with Gasteiger partial charge in [-0.1, -0.05) is 12.1 Å². The summed E-state index contributed by atoms with van der Waals surface area (Å²) in [6, 6.07) is 12.5. The molecule has 2 aromatic carbocycles. The number of nitriles is 1. The van der Waals surface area contributed by atoms with Crippen LogP contribution < -0.4 is 10.6 Å². The molecule has 0 saturated carbocycles. The molecule has 5 nitrogen and oxygen atoms in total. The monoisotopic (exact) mass is 325 g/mol. The lowest BCUT2D eigenvalue weighted by Gasteiger charge is -2.10. The highest BCUT2D eigenvalue weighted by Crippen LogP contribution is 2.17. The highest BCUT2D eigenvalue weighted by atomic mass is 19.1. The molecule has 6 heteroatoms. The van der Waals surface area contributed by atoms with E-state index < -0.39 is 11.7 Å². The number of carbonyl (C=O) groups excluding carboxylic acids is 2. The number of nitrogens with one attached hydrogen (secondary N) is 2. The maximum atomic E-state index is 13.5. The van der Waals surface area contributed by atoms with Crippen LogP contribution in [0.4, 0.5) is 10.1 Å². The minimum atomic E-state index is -0.580. The fourth-order valence-corrected chi connectivity index (χ4v) is 2.12. The molecule has 0 atom stereocenters. The van der Waals surface area contributed by atoms with Gasteiger partial charge in [0.1, 0.15) is 11.9 Å². The van der Waals surface area contributed by atoms with E-state index in [0.29, 0.717) is 23.4 Å². The summed E-state index contributed by atoms with van der Waals surface area (Å²) >= 11 is 0. The quantitative estimate of drug-likeness (QED) is 0.632. The minimum Gasteiger partial charge on any atom is -0.382 e. The molecule has 24 heavy (non-hydrogen) atoms. The summed E-state index contributed by atoms with van der Waals surface area (Å²) in [6.45, 7) is 2.01. The van der Waals surface area contributed by atoms with Crippen molar-refractivity contribution in [3.8, 4) is 6.07 Å². The third-order valence-electron chi connectivity index (χ3n) is 3.39. The molecule has 0 unspecified atom stereocenters. The van der Waals surface area contributed by atoms with Crippen molar-refractivity contribution < 1.29 is 14.0 Å². The number of rotatable bonds is 6. The number of Topliss-reactive ketones (excluding diaryl/α,β-unsaturated/α-hetero) is 1. The first kappa shape index (κ1) is 17.2. The summed E-state index contributed by atoms with van der Waals surface area (Å²) in [7, 11) is 0. The Bertz CT molecular complexity index is 812. The van der Waals surface area contributed by atoms with E-state index in [4.69, 9.17) is 5.26 Å². The topological polar surface area (TPSA) is 82.0 Å². The highest BCUT2D eigenvalue weighted by Gasteiger charge is 2.10. The Labute approximate surface area is 139 Å². The smallest absolute Gasteiger partial charge is 0.254 e. The highest BCUT2D eigenvalue weighted by molar-refractivity contribution is 5.95. The summed E-state index contributed by atoms with van der Waals surface area (Å²) in [5.74, 6) is -1.19. The molecule has 0 fully saturated rings. The van der Waals surface area contributed by atoms with Crippen molar-refractivity contribution in [3.05, 3.63) is 65.0 Å². The maximum absolute atomic E-state index is 13.5. The van der Waals surface area contributed by atoms with E-state index in [1.165, 1.54) is 25.1 Å². The summed E-state index contributed by atoms with van der Waals surface area (Å²) in [4.78, 5) is 23.3. The molecule has 0 spiro atoms. The van der Waals surface area contributed by atoms with E-state index in [9.17, 15) is 14.0 Å². The number of amides is 1. The standard InChI is InChI=1S/C18H16FN3O2/c1-12(23)13-6-7-14(11-20)17(10-13)21-8-9-22-18(24)15-4-2-3-5-16(15)19/h2-7,10,21H,8-9H2,1H3,(H,22,24). The first-order chi connectivity index (χ1) is 11.5. The molecule has 2 rings (SSSR count). The molecule has 0 aliphatic carbocycles. The van der Waals surface area contributed by atoms with Gasteiger partial charge in [-0.05, 0) is 37.3 Å². The molecule has 0 radical (unpaired) electrons.